The normalized spacial score (nSPS) is 18.2. The second-order valence-electron chi connectivity index (χ2n) is 7.94. The predicted octanol–water partition coefficient (Wildman–Crippen LogP) is 2.03. The minimum atomic E-state index is -0.438. The minimum absolute atomic E-state index is 0.0153. The summed E-state index contributed by atoms with van der Waals surface area (Å²) in [4.78, 5) is 23.5. The fourth-order valence-electron chi connectivity index (χ4n) is 3.79. The molecule has 164 valence electrons. The van der Waals surface area contributed by atoms with Crippen LogP contribution in [0.2, 0.25) is 0 Å². The van der Waals surface area contributed by atoms with Gasteiger partial charge in [0, 0.05) is 43.8 Å². The molecule has 1 aliphatic rings. The number of ether oxygens (including phenoxy) is 1. The highest BCUT2D eigenvalue weighted by Gasteiger charge is 2.31. The van der Waals surface area contributed by atoms with E-state index in [4.69, 9.17) is 10.5 Å². The molecule has 4 aromatic heterocycles. The molecule has 11 heteroatoms. The summed E-state index contributed by atoms with van der Waals surface area (Å²) < 4.78 is 9.74. The van der Waals surface area contributed by atoms with Crippen molar-refractivity contribution in [3.05, 3.63) is 43.1 Å². The maximum atomic E-state index is 11.0. The van der Waals surface area contributed by atoms with E-state index in [-0.39, 0.29) is 12.0 Å². The molecule has 0 bridgehead atoms. The lowest BCUT2D eigenvalue weighted by molar-refractivity contribution is -0.113. The van der Waals surface area contributed by atoms with Crippen LogP contribution in [0, 0.1) is 5.92 Å². The number of hydrogen-bond acceptors (Lipinski definition) is 7. The van der Waals surface area contributed by atoms with Gasteiger partial charge in [-0.2, -0.15) is 20.2 Å². The van der Waals surface area contributed by atoms with Crippen LogP contribution in [0.5, 0.6) is 5.88 Å². The monoisotopic (exact) mass is 433 g/mol. The summed E-state index contributed by atoms with van der Waals surface area (Å²) in [5, 5.41) is 12.4. The second-order valence-corrected chi connectivity index (χ2v) is 7.94. The summed E-state index contributed by atoms with van der Waals surface area (Å²) in [7, 11) is 3.71. The van der Waals surface area contributed by atoms with Crippen LogP contribution in [0.15, 0.2) is 43.1 Å². The van der Waals surface area contributed by atoms with Crippen molar-refractivity contribution in [1.29, 1.82) is 0 Å². The van der Waals surface area contributed by atoms with Gasteiger partial charge in [0.25, 0.3) is 0 Å². The Balaban J connectivity index is 1.47. The molecule has 1 fully saturated rings. The number of carbonyl (C=O) groups is 1. The Labute approximate surface area is 183 Å². The molecule has 0 saturated heterocycles. The van der Waals surface area contributed by atoms with E-state index < -0.39 is 5.91 Å². The van der Waals surface area contributed by atoms with Crippen LogP contribution in [0.3, 0.4) is 0 Å². The van der Waals surface area contributed by atoms with Gasteiger partial charge in [-0.25, -0.2) is 0 Å². The Bertz CT molecular complexity index is 1310. The fraction of sp³-hybridized carbons (Fsp3) is 0.286. The van der Waals surface area contributed by atoms with Gasteiger partial charge >= 0.3 is 0 Å². The Morgan fingerprint density at radius 2 is 2.00 bits per heavy atom. The van der Waals surface area contributed by atoms with Gasteiger partial charge in [0.2, 0.25) is 17.7 Å². The quantitative estimate of drug-likeness (QED) is 0.379. The van der Waals surface area contributed by atoms with Crippen LogP contribution in [0.4, 0.5) is 11.6 Å². The maximum absolute atomic E-state index is 11.0. The van der Waals surface area contributed by atoms with Gasteiger partial charge in [-0.05, 0) is 24.8 Å². The second kappa shape index (κ2) is 7.84. The summed E-state index contributed by atoms with van der Waals surface area (Å²) in [6, 6.07) is 0. The number of H-pyrrole nitrogens is 1. The highest BCUT2D eigenvalue weighted by atomic mass is 16.5. The number of primary amides is 1. The van der Waals surface area contributed by atoms with E-state index in [9.17, 15) is 4.79 Å². The van der Waals surface area contributed by atoms with Crippen molar-refractivity contribution in [2.75, 3.05) is 5.32 Å². The lowest BCUT2D eigenvalue weighted by Crippen LogP contribution is -2.33. The molecule has 11 nitrogen and oxygen atoms in total. The molecular weight excluding hydrogens is 410 g/mol. The number of nitrogens with two attached hydrogens (primary N) is 1. The van der Waals surface area contributed by atoms with E-state index in [1.54, 1.807) is 21.8 Å². The summed E-state index contributed by atoms with van der Waals surface area (Å²) in [5.74, 6) is 0.724. The van der Waals surface area contributed by atoms with Gasteiger partial charge in [-0.15, -0.1) is 0 Å². The van der Waals surface area contributed by atoms with Gasteiger partial charge < -0.3 is 20.8 Å². The van der Waals surface area contributed by atoms with Gasteiger partial charge in [0.15, 0.2) is 0 Å². The number of aromatic nitrogens is 7. The van der Waals surface area contributed by atoms with Crippen molar-refractivity contribution in [2.24, 2.45) is 25.7 Å². The molecule has 0 atom stereocenters. The first-order valence-corrected chi connectivity index (χ1v) is 10.2. The van der Waals surface area contributed by atoms with E-state index in [2.05, 4.69) is 30.5 Å². The summed E-state index contributed by atoms with van der Waals surface area (Å²) in [6.45, 7) is 0. The zero-order valence-corrected chi connectivity index (χ0v) is 17.7. The van der Waals surface area contributed by atoms with E-state index in [0.717, 1.165) is 35.0 Å². The number of nitrogens with one attached hydrogen (secondary N) is 2. The number of hydrogen-bond donors (Lipinski definition) is 3. The molecule has 4 aromatic rings. The Morgan fingerprint density at radius 3 is 2.69 bits per heavy atom. The molecule has 0 aromatic carbocycles. The van der Waals surface area contributed by atoms with Crippen LogP contribution >= 0.6 is 0 Å². The third-order valence-corrected chi connectivity index (χ3v) is 5.42. The molecule has 0 unspecified atom stereocenters. The van der Waals surface area contributed by atoms with E-state index in [1.807, 2.05) is 38.8 Å². The average Bonchev–Trinajstić information content (AvgIpc) is 3.43. The predicted molar refractivity (Wildman–Crippen MR) is 118 cm³/mol. The SMILES string of the molecule is Cn1cc(Nc2nc(OC3CC(C=CC(N)=O)C3)c3c(-c4cnn(C)c4)c[nH]c3n2)cn1. The number of aromatic amines is 1. The largest absolute Gasteiger partial charge is 0.474 e. The van der Waals surface area contributed by atoms with Gasteiger partial charge in [0.05, 0.1) is 23.5 Å². The minimum Gasteiger partial charge on any atom is -0.474 e. The van der Waals surface area contributed by atoms with Crippen molar-refractivity contribution in [1.82, 2.24) is 34.5 Å². The maximum Gasteiger partial charge on any atom is 0.241 e. The molecule has 0 radical (unpaired) electrons. The summed E-state index contributed by atoms with van der Waals surface area (Å²) >= 11 is 0. The van der Waals surface area contributed by atoms with Crippen LogP contribution < -0.4 is 15.8 Å². The first-order valence-electron chi connectivity index (χ1n) is 10.2. The van der Waals surface area contributed by atoms with Crippen molar-refractivity contribution < 1.29 is 9.53 Å². The molecule has 1 saturated carbocycles. The number of anilines is 2. The van der Waals surface area contributed by atoms with Crippen LogP contribution in [0.1, 0.15) is 12.8 Å². The number of rotatable bonds is 7. The third kappa shape index (κ3) is 3.92. The van der Waals surface area contributed by atoms with Crippen LogP contribution in [-0.2, 0) is 18.9 Å². The zero-order chi connectivity index (χ0) is 22.2. The van der Waals surface area contributed by atoms with Crippen molar-refractivity contribution in [3.63, 3.8) is 0 Å². The lowest BCUT2D eigenvalue weighted by Gasteiger charge is -2.33. The average molecular weight is 433 g/mol. The molecule has 0 aliphatic heterocycles. The number of allylic oxidation sites excluding steroid dienone is 1. The van der Waals surface area contributed by atoms with Gasteiger partial charge in [-0.3, -0.25) is 14.2 Å². The van der Waals surface area contributed by atoms with E-state index in [1.165, 1.54) is 6.08 Å². The summed E-state index contributed by atoms with van der Waals surface area (Å²) in [5.41, 5.74) is 8.48. The molecule has 4 heterocycles. The topological polar surface area (TPSA) is 142 Å². The van der Waals surface area contributed by atoms with Crippen molar-refractivity contribution in [2.45, 2.75) is 18.9 Å². The summed E-state index contributed by atoms with van der Waals surface area (Å²) in [6.07, 6.45) is 14.0. The highest BCUT2D eigenvalue weighted by molar-refractivity contribution is 5.97. The standard InChI is InChI=1S/C21H23N9O2/c1-29-10-13(7-24-29)16-9-23-19-18(16)20(32-15-5-12(6-15)3-4-17(22)31)28-21(27-19)26-14-8-25-30(2)11-14/h3-4,7-12,15H,5-6H2,1-2H3,(H2,22,31)(H2,23,26,27,28). The first kappa shape index (κ1) is 19.8. The van der Waals surface area contributed by atoms with Crippen molar-refractivity contribution in [3.8, 4) is 17.0 Å². The van der Waals surface area contributed by atoms with Crippen LogP contribution in [0.25, 0.3) is 22.2 Å². The van der Waals surface area contributed by atoms with Crippen molar-refractivity contribution >= 4 is 28.6 Å². The lowest BCUT2D eigenvalue weighted by atomic mass is 9.82. The fourth-order valence-corrected chi connectivity index (χ4v) is 3.79. The van der Waals surface area contributed by atoms with Crippen LogP contribution in [-0.4, -0.2) is 46.5 Å². The van der Waals surface area contributed by atoms with Gasteiger partial charge in [0.1, 0.15) is 11.8 Å². The number of nitrogens with zero attached hydrogens (tertiary/aromatic N) is 6. The molecule has 32 heavy (non-hydrogen) atoms. The van der Waals surface area contributed by atoms with E-state index >= 15 is 0 Å². The zero-order valence-electron chi connectivity index (χ0n) is 17.7. The number of amides is 1. The smallest absolute Gasteiger partial charge is 0.241 e. The third-order valence-electron chi connectivity index (χ3n) is 5.42. The number of aryl methyl sites for hydroxylation is 2. The molecule has 5 rings (SSSR count). The molecule has 1 aliphatic carbocycles. The number of carbonyl (C=O) groups excluding carboxylic acids is 1. The Kier molecular flexibility index (Phi) is 4.85. The first-order chi connectivity index (χ1) is 15.4. The molecule has 0 spiro atoms. The Morgan fingerprint density at radius 1 is 1.22 bits per heavy atom. The van der Waals surface area contributed by atoms with Gasteiger partial charge in [-0.1, -0.05) is 6.08 Å². The van der Waals surface area contributed by atoms with E-state index in [0.29, 0.717) is 17.5 Å². The highest BCUT2D eigenvalue weighted by Crippen LogP contribution is 2.38. The molecule has 4 N–H and O–H groups in total. The molecular formula is C21H23N9O2. The Hall–Kier alpha value is -4.15. The number of fused-ring (bicyclic) bond motifs is 1. The molecule has 1 amide bonds.